The van der Waals surface area contributed by atoms with Crippen LogP contribution in [-0.2, 0) is 4.79 Å². The lowest BCUT2D eigenvalue weighted by atomic mass is 9.87. The molecule has 2 amide bonds. The first-order valence-electron chi connectivity index (χ1n) is 8.47. The first kappa shape index (κ1) is 16.3. The van der Waals surface area contributed by atoms with E-state index < -0.39 is 0 Å². The quantitative estimate of drug-likeness (QED) is 0.777. The summed E-state index contributed by atoms with van der Waals surface area (Å²) in [7, 11) is 0. The van der Waals surface area contributed by atoms with Crippen LogP contribution in [0.15, 0.2) is 30.3 Å². The Bertz CT molecular complexity index is 563. The Kier molecular flexibility index (Phi) is 5.21. The fourth-order valence-electron chi connectivity index (χ4n) is 3.83. The molecule has 1 saturated heterocycles. The molecule has 1 aliphatic heterocycles. The first-order valence-corrected chi connectivity index (χ1v) is 9.00. The highest BCUT2D eigenvalue weighted by Gasteiger charge is 2.44. The number of alkyl halides is 1. The van der Waals surface area contributed by atoms with E-state index in [9.17, 15) is 9.59 Å². The van der Waals surface area contributed by atoms with Gasteiger partial charge in [-0.25, -0.2) is 10.0 Å². The van der Waals surface area contributed by atoms with Crippen molar-refractivity contribution in [3.63, 3.8) is 0 Å². The Morgan fingerprint density at radius 1 is 1.04 bits per heavy atom. The first-order chi connectivity index (χ1) is 11.2. The lowest BCUT2D eigenvalue weighted by molar-refractivity contribution is -0.139. The molecule has 0 N–H and O–H groups in total. The van der Waals surface area contributed by atoms with Crippen LogP contribution >= 0.6 is 11.6 Å². The highest BCUT2D eigenvalue weighted by atomic mass is 35.5. The van der Waals surface area contributed by atoms with Crippen LogP contribution in [-0.4, -0.2) is 40.3 Å². The number of halogens is 1. The van der Waals surface area contributed by atoms with Crippen LogP contribution in [0.3, 0.4) is 0 Å². The Balaban J connectivity index is 1.90. The minimum Gasteiger partial charge on any atom is -0.272 e. The number of amides is 2. The lowest BCUT2D eigenvalue weighted by Gasteiger charge is -2.33. The van der Waals surface area contributed by atoms with E-state index in [4.69, 9.17) is 11.6 Å². The molecule has 23 heavy (non-hydrogen) atoms. The van der Waals surface area contributed by atoms with Crippen molar-refractivity contribution in [3.8, 4) is 0 Å². The number of rotatable bonds is 2. The van der Waals surface area contributed by atoms with Crippen LogP contribution in [0.1, 0.15) is 48.9 Å². The molecule has 2 fully saturated rings. The van der Waals surface area contributed by atoms with Gasteiger partial charge in [0.15, 0.2) is 0 Å². The number of benzene rings is 1. The van der Waals surface area contributed by atoms with E-state index in [1.54, 1.807) is 10.0 Å². The van der Waals surface area contributed by atoms with Gasteiger partial charge in [0.05, 0.1) is 6.04 Å². The van der Waals surface area contributed by atoms with Crippen LogP contribution in [0.4, 0.5) is 0 Å². The fraction of sp³-hybridized carbons (Fsp3) is 0.556. The summed E-state index contributed by atoms with van der Waals surface area (Å²) in [6.07, 6.45) is 6.80. The van der Waals surface area contributed by atoms with E-state index in [0.717, 1.165) is 19.3 Å². The topological polar surface area (TPSA) is 40.6 Å². The predicted molar refractivity (Wildman–Crippen MR) is 90.0 cm³/mol. The Labute approximate surface area is 142 Å². The summed E-state index contributed by atoms with van der Waals surface area (Å²) < 4.78 is 0. The highest BCUT2D eigenvalue weighted by Crippen LogP contribution is 2.35. The third-order valence-corrected chi connectivity index (χ3v) is 5.21. The number of carbonyl (C=O) groups excluding carboxylic acids is 2. The minimum absolute atomic E-state index is 0.0853. The van der Waals surface area contributed by atoms with E-state index in [2.05, 4.69) is 0 Å². The third kappa shape index (κ3) is 3.37. The van der Waals surface area contributed by atoms with Gasteiger partial charge in [-0.1, -0.05) is 43.9 Å². The molecule has 1 heterocycles. The zero-order chi connectivity index (χ0) is 16.2. The van der Waals surface area contributed by atoms with E-state index in [0.29, 0.717) is 18.0 Å². The molecule has 2 atom stereocenters. The summed E-state index contributed by atoms with van der Waals surface area (Å²) >= 11 is 5.78. The second-order valence-electron chi connectivity index (χ2n) is 6.44. The zero-order valence-corrected chi connectivity index (χ0v) is 14.0. The molecule has 0 aromatic heterocycles. The molecular formula is C18H23ClN2O2. The molecule has 4 nitrogen and oxygen atoms in total. The van der Waals surface area contributed by atoms with Crippen molar-refractivity contribution >= 4 is 23.4 Å². The minimum atomic E-state index is -0.178. The molecule has 5 heteroatoms. The molecule has 1 aromatic carbocycles. The van der Waals surface area contributed by atoms with Gasteiger partial charge in [0.25, 0.3) is 11.8 Å². The van der Waals surface area contributed by atoms with Crippen LogP contribution in [0.25, 0.3) is 0 Å². The monoisotopic (exact) mass is 334 g/mol. The summed E-state index contributed by atoms with van der Waals surface area (Å²) in [5.74, 6) is 0.0211. The van der Waals surface area contributed by atoms with Crippen molar-refractivity contribution in [2.75, 3.05) is 12.4 Å². The Morgan fingerprint density at radius 2 is 1.74 bits per heavy atom. The third-order valence-electron chi connectivity index (χ3n) is 4.98. The number of hydrogen-bond donors (Lipinski definition) is 0. The van der Waals surface area contributed by atoms with Crippen LogP contribution < -0.4 is 0 Å². The normalized spacial score (nSPS) is 24.7. The lowest BCUT2D eigenvalue weighted by Crippen LogP contribution is -2.49. The number of hydrazine groups is 1. The van der Waals surface area contributed by atoms with Gasteiger partial charge in [-0.15, -0.1) is 11.6 Å². The van der Waals surface area contributed by atoms with Gasteiger partial charge in [-0.05, 0) is 25.0 Å². The highest BCUT2D eigenvalue weighted by molar-refractivity contribution is 6.27. The Morgan fingerprint density at radius 3 is 2.43 bits per heavy atom. The summed E-state index contributed by atoms with van der Waals surface area (Å²) in [6.45, 7) is 0.620. The molecule has 0 spiro atoms. The maximum absolute atomic E-state index is 13.0. The molecule has 0 bridgehead atoms. The maximum atomic E-state index is 13.0. The van der Waals surface area contributed by atoms with Gasteiger partial charge < -0.3 is 0 Å². The summed E-state index contributed by atoms with van der Waals surface area (Å²) in [4.78, 5) is 25.3. The molecule has 0 radical (unpaired) electrons. The standard InChI is InChI=1S/C18H23ClN2O2/c19-12-17(22)20-13-15-10-4-1-2-7-11-16(15)21(20)18(23)14-8-5-3-6-9-14/h3,5-6,8-9,15-16H,1-2,4,7,10-13H2. The molecule has 2 unspecified atom stereocenters. The summed E-state index contributed by atoms with van der Waals surface area (Å²) in [5, 5.41) is 3.30. The van der Waals surface area contributed by atoms with Crippen molar-refractivity contribution < 1.29 is 9.59 Å². The average Bonchev–Trinajstić information content (AvgIpc) is 2.91. The SMILES string of the molecule is O=C(CCl)N1CC2CCCCCCC2N1C(=O)c1ccccc1. The average molecular weight is 335 g/mol. The summed E-state index contributed by atoms with van der Waals surface area (Å²) in [5.41, 5.74) is 0.627. The second-order valence-corrected chi connectivity index (χ2v) is 6.71. The van der Waals surface area contributed by atoms with Gasteiger partial charge in [0.1, 0.15) is 5.88 Å². The van der Waals surface area contributed by atoms with Crippen molar-refractivity contribution in [2.24, 2.45) is 5.92 Å². The fourth-order valence-corrected chi connectivity index (χ4v) is 3.97. The van der Waals surface area contributed by atoms with Crippen LogP contribution in [0, 0.1) is 5.92 Å². The van der Waals surface area contributed by atoms with E-state index in [-0.39, 0.29) is 23.7 Å². The van der Waals surface area contributed by atoms with Crippen molar-refractivity contribution in [1.82, 2.24) is 10.0 Å². The molecule has 3 rings (SSSR count). The smallest absolute Gasteiger partial charge is 0.272 e. The number of carbonyl (C=O) groups is 2. The van der Waals surface area contributed by atoms with Crippen molar-refractivity contribution in [1.29, 1.82) is 0 Å². The molecule has 124 valence electrons. The zero-order valence-electron chi connectivity index (χ0n) is 13.3. The second kappa shape index (κ2) is 7.35. The van der Waals surface area contributed by atoms with Gasteiger partial charge in [-0.3, -0.25) is 9.59 Å². The van der Waals surface area contributed by atoms with Gasteiger partial charge in [0, 0.05) is 18.0 Å². The molecular weight excluding hydrogens is 312 g/mol. The predicted octanol–water partition coefficient (Wildman–Crippen LogP) is 3.46. The van der Waals surface area contributed by atoms with E-state index in [1.807, 2.05) is 30.3 Å². The van der Waals surface area contributed by atoms with Crippen LogP contribution in [0.5, 0.6) is 0 Å². The molecule has 1 aromatic rings. The summed E-state index contributed by atoms with van der Waals surface area (Å²) in [6, 6.07) is 9.33. The molecule has 2 aliphatic rings. The molecule has 1 saturated carbocycles. The van der Waals surface area contributed by atoms with Gasteiger partial charge in [-0.2, -0.15) is 0 Å². The molecule has 1 aliphatic carbocycles. The largest absolute Gasteiger partial charge is 0.272 e. The number of nitrogens with zero attached hydrogens (tertiary/aromatic N) is 2. The number of fused-ring (bicyclic) bond motifs is 1. The van der Waals surface area contributed by atoms with E-state index in [1.165, 1.54) is 19.3 Å². The number of hydrogen-bond acceptors (Lipinski definition) is 2. The van der Waals surface area contributed by atoms with Crippen LogP contribution in [0.2, 0.25) is 0 Å². The van der Waals surface area contributed by atoms with Crippen molar-refractivity contribution in [3.05, 3.63) is 35.9 Å². The maximum Gasteiger partial charge on any atom is 0.272 e. The van der Waals surface area contributed by atoms with Gasteiger partial charge >= 0.3 is 0 Å². The van der Waals surface area contributed by atoms with Gasteiger partial charge in [0.2, 0.25) is 0 Å². The van der Waals surface area contributed by atoms with E-state index >= 15 is 0 Å². The Hall–Kier alpha value is -1.55. The van der Waals surface area contributed by atoms with Crippen molar-refractivity contribution in [2.45, 2.75) is 44.6 Å².